The van der Waals surface area contributed by atoms with E-state index in [2.05, 4.69) is 24.8 Å². The fraction of sp³-hybridized carbons (Fsp3) is 0.636. The Kier molecular flexibility index (Phi) is 5.25. The zero-order chi connectivity index (χ0) is 11.3. The monoisotopic (exact) mass is 228 g/mol. The molecule has 0 fully saturated rings. The van der Waals surface area contributed by atoms with E-state index >= 15 is 0 Å². The molecule has 0 saturated heterocycles. The molecule has 1 rings (SSSR count). The molecular weight excluding hydrogens is 208 g/mol. The van der Waals surface area contributed by atoms with E-state index in [1.54, 1.807) is 0 Å². The first-order valence-electron chi connectivity index (χ1n) is 5.26. The minimum Gasteiger partial charge on any atom is -0.395 e. The van der Waals surface area contributed by atoms with Crippen LogP contribution in [0, 0.1) is 13.8 Å². The van der Waals surface area contributed by atoms with Gasteiger partial charge in [-0.1, -0.05) is 0 Å². The van der Waals surface area contributed by atoms with Crippen LogP contribution in [0.3, 0.4) is 0 Å². The summed E-state index contributed by atoms with van der Waals surface area (Å²) in [5.41, 5.74) is 6.90. The molecule has 0 saturated carbocycles. The average Bonchev–Trinajstić information content (AvgIpc) is 2.46. The Morgan fingerprint density at radius 1 is 1.40 bits per heavy atom. The van der Waals surface area contributed by atoms with Gasteiger partial charge in [0.25, 0.3) is 0 Å². The van der Waals surface area contributed by atoms with Crippen molar-refractivity contribution in [3.05, 3.63) is 21.4 Å². The van der Waals surface area contributed by atoms with Crippen LogP contribution in [0.5, 0.6) is 0 Å². The third-order valence-electron chi connectivity index (χ3n) is 2.40. The van der Waals surface area contributed by atoms with Gasteiger partial charge in [-0.15, -0.1) is 11.3 Å². The maximum Gasteiger partial charge on any atom is 0.0558 e. The van der Waals surface area contributed by atoms with Crippen molar-refractivity contribution in [3.8, 4) is 0 Å². The lowest BCUT2D eigenvalue weighted by atomic mass is 10.2. The molecule has 15 heavy (non-hydrogen) atoms. The predicted molar refractivity (Wildman–Crippen MR) is 65.2 cm³/mol. The molecule has 0 unspecified atom stereocenters. The highest BCUT2D eigenvalue weighted by Gasteiger charge is 2.08. The van der Waals surface area contributed by atoms with Crippen LogP contribution < -0.4 is 5.73 Å². The molecule has 1 aromatic heterocycles. The van der Waals surface area contributed by atoms with E-state index in [1.165, 1.54) is 15.3 Å². The van der Waals surface area contributed by atoms with E-state index in [4.69, 9.17) is 10.8 Å². The molecule has 1 heterocycles. The van der Waals surface area contributed by atoms with Crippen LogP contribution >= 0.6 is 11.3 Å². The normalized spacial score (nSPS) is 11.3. The largest absolute Gasteiger partial charge is 0.395 e. The lowest BCUT2D eigenvalue weighted by Gasteiger charge is -2.20. The quantitative estimate of drug-likeness (QED) is 0.767. The lowest BCUT2D eigenvalue weighted by Crippen LogP contribution is -2.31. The average molecular weight is 228 g/mol. The van der Waals surface area contributed by atoms with Crippen LogP contribution in [-0.4, -0.2) is 36.2 Å². The van der Waals surface area contributed by atoms with Gasteiger partial charge in [0.2, 0.25) is 0 Å². The summed E-state index contributed by atoms with van der Waals surface area (Å²) in [4.78, 5) is 4.90. The second kappa shape index (κ2) is 6.23. The maximum absolute atomic E-state index is 8.94. The van der Waals surface area contributed by atoms with Crippen molar-refractivity contribution < 1.29 is 5.11 Å². The van der Waals surface area contributed by atoms with Crippen molar-refractivity contribution in [2.45, 2.75) is 20.4 Å². The van der Waals surface area contributed by atoms with E-state index < -0.39 is 0 Å². The Morgan fingerprint density at radius 2 is 2.13 bits per heavy atom. The predicted octanol–water partition coefficient (Wildman–Crippen LogP) is 1.12. The number of nitrogens with two attached hydrogens (primary N) is 1. The van der Waals surface area contributed by atoms with Gasteiger partial charge < -0.3 is 10.8 Å². The molecule has 1 aromatic rings. The van der Waals surface area contributed by atoms with E-state index in [9.17, 15) is 0 Å². The Labute approximate surface area is 95.5 Å². The van der Waals surface area contributed by atoms with Gasteiger partial charge in [0.05, 0.1) is 6.61 Å². The Balaban J connectivity index is 2.60. The molecule has 86 valence electrons. The topological polar surface area (TPSA) is 49.5 Å². The van der Waals surface area contributed by atoms with Crippen molar-refractivity contribution in [3.63, 3.8) is 0 Å². The van der Waals surface area contributed by atoms with Gasteiger partial charge in [-0.3, -0.25) is 4.90 Å². The third-order valence-corrected chi connectivity index (χ3v) is 3.41. The summed E-state index contributed by atoms with van der Waals surface area (Å²) in [6.07, 6.45) is 0. The number of rotatable bonds is 6. The second-order valence-electron chi connectivity index (χ2n) is 3.73. The van der Waals surface area contributed by atoms with Crippen molar-refractivity contribution in [2.75, 3.05) is 26.2 Å². The van der Waals surface area contributed by atoms with E-state index in [0.29, 0.717) is 13.1 Å². The summed E-state index contributed by atoms with van der Waals surface area (Å²) in [5, 5.41) is 8.94. The molecule has 0 aliphatic carbocycles. The summed E-state index contributed by atoms with van der Waals surface area (Å²) in [6.45, 7) is 7.55. The van der Waals surface area contributed by atoms with Crippen molar-refractivity contribution in [1.29, 1.82) is 0 Å². The first-order chi connectivity index (χ1) is 7.17. The number of nitrogens with zero attached hydrogens (tertiary/aromatic N) is 1. The number of hydrogen-bond acceptors (Lipinski definition) is 4. The first kappa shape index (κ1) is 12.6. The number of aliphatic hydroxyl groups is 1. The van der Waals surface area contributed by atoms with Gasteiger partial charge in [-0.2, -0.15) is 0 Å². The van der Waals surface area contributed by atoms with Crippen molar-refractivity contribution >= 4 is 11.3 Å². The van der Waals surface area contributed by atoms with Gasteiger partial charge in [0.1, 0.15) is 0 Å². The van der Waals surface area contributed by atoms with Gasteiger partial charge in [0, 0.05) is 35.9 Å². The van der Waals surface area contributed by atoms with E-state index in [1.807, 2.05) is 11.3 Å². The van der Waals surface area contributed by atoms with Crippen LogP contribution in [-0.2, 0) is 6.54 Å². The van der Waals surface area contributed by atoms with Crippen LogP contribution in [0.1, 0.15) is 15.3 Å². The maximum atomic E-state index is 8.94. The molecule has 3 nitrogen and oxygen atoms in total. The van der Waals surface area contributed by atoms with Crippen LogP contribution in [0.25, 0.3) is 0 Å². The lowest BCUT2D eigenvalue weighted by molar-refractivity contribution is 0.194. The van der Waals surface area contributed by atoms with E-state index in [-0.39, 0.29) is 6.61 Å². The highest BCUT2D eigenvalue weighted by atomic mass is 32.1. The minimum absolute atomic E-state index is 0.197. The van der Waals surface area contributed by atoms with Crippen LogP contribution in [0.2, 0.25) is 0 Å². The molecule has 0 amide bonds. The number of aryl methyl sites for hydroxylation is 2. The molecule has 4 heteroatoms. The molecular formula is C11H20N2OS. The number of thiophene rings is 1. The van der Waals surface area contributed by atoms with Crippen molar-refractivity contribution in [1.82, 2.24) is 4.90 Å². The Bertz CT molecular complexity index is 293. The van der Waals surface area contributed by atoms with Crippen LogP contribution in [0.4, 0.5) is 0 Å². The Morgan fingerprint density at radius 3 is 2.60 bits per heavy atom. The van der Waals surface area contributed by atoms with Gasteiger partial charge >= 0.3 is 0 Å². The molecule has 0 aliphatic rings. The molecule has 0 aliphatic heterocycles. The van der Waals surface area contributed by atoms with Crippen molar-refractivity contribution in [2.24, 2.45) is 5.73 Å². The third kappa shape index (κ3) is 3.91. The summed E-state index contributed by atoms with van der Waals surface area (Å²) in [5.74, 6) is 0. The molecule has 0 atom stereocenters. The van der Waals surface area contributed by atoms with Gasteiger partial charge in [-0.25, -0.2) is 0 Å². The zero-order valence-electron chi connectivity index (χ0n) is 9.49. The van der Waals surface area contributed by atoms with Gasteiger partial charge in [-0.05, 0) is 25.5 Å². The molecule has 0 bridgehead atoms. The summed E-state index contributed by atoms with van der Waals surface area (Å²) < 4.78 is 0. The first-order valence-corrected chi connectivity index (χ1v) is 6.08. The summed E-state index contributed by atoms with van der Waals surface area (Å²) in [6, 6.07) is 2.22. The standard InChI is InChI=1S/C11H20N2OS/c1-9-7-11(10(2)15-9)8-13(4-3-12)5-6-14/h7,14H,3-6,8,12H2,1-2H3. The molecule has 0 spiro atoms. The molecule has 0 radical (unpaired) electrons. The number of hydrogen-bond donors (Lipinski definition) is 2. The fourth-order valence-corrected chi connectivity index (χ4v) is 2.61. The minimum atomic E-state index is 0.197. The summed E-state index contributed by atoms with van der Waals surface area (Å²) >= 11 is 1.83. The highest BCUT2D eigenvalue weighted by Crippen LogP contribution is 2.21. The fourth-order valence-electron chi connectivity index (χ4n) is 1.68. The molecule has 3 N–H and O–H groups in total. The summed E-state index contributed by atoms with van der Waals surface area (Å²) in [7, 11) is 0. The SMILES string of the molecule is Cc1cc(CN(CCN)CCO)c(C)s1. The Hall–Kier alpha value is -0.420. The zero-order valence-corrected chi connectivity index (χ0v) is 10.3. The van der Waals surface area contributed by atoms with Crippen LogP contribution in [0.15, 0.2) is 6.07 Å². The van der Waals surface area contributed by atoms with Gasteiger partial charge in [0.15, 0.2) is 0 Å². The second-order valence-corrected chi connectivity index (χ2v) is 5.19. The number of aliphatic hydroxyl groups excluding tert-OH is 1. The highest BCUT2D eigenvalue weighted by molar-refractivity contribution is 7.12. The van der Waals surface area contributed by atoms with E-state index in [0.717, 1.165) is 13.1 Å². The smallest absolute Gasteiger partial charge is 0.0558 e. The molecule has 0 aromatic carbocycles.